The van der Waals surface area contributed by atoms with Crippen LogP contribution < -0.4 is 5.32 Å². The summed E-state index contributed by atoms with van der Waals surface area (Å²) in [7, 11) is 0. The van der Waals surface area contributed by atoms with Crippen molar-refractivity contribution >= 4 is 23.4 Å². The zero-order valence-corrected chi connectivity index (χ0v) is 15.2. The van der Waals surface area contributed by atoms with Crippen LogP contribution in [0.2, 0.25) is 0 Å². The molecule has 1 aromatic carbocycles. The lowest BCUT2D eigenvalue weighted by Gasteiger charge is -2.13. The third-order valence-electron chi connectivity index (χ3n) is 3.57. The number of aryl methyl sites for hydroxylation is 3. The van der Waals surface area contributed by atoms with E-state index in [1.165, 1.54) is 11.8 Å². The van der Waals surface area contributed by atoms with Gasteiger partial charge in [-0.25, -0.2) is 0 Å². The Kier molecular flexibility index (Phi) is 5.82. The van der Waals surface area contributed by atoms with Crippen LogP contribution in [0.1, 0.15) is 43.8 Å². The third kappa shape index (κ3) is 4.34. The van der Waals surface area contributed by atoms with Gasteiger partial charge in [0.1, 0.15) is 5.82 Å². The largest absolute Gasteiger partial charge is 0.325 e. The molecular weight excluding hydrogens is 308 g/mol. The van der Waals surface area contributed by atoms with Gasteiger partial charge >= 0.3 is 0 Å². The van der Waals surface area contributed by atoms with Crippen LogP contribution in [-0.4, -0.2) is 26.4 Å². The van der Waals surface area contributed by atoms with Crippen molar-refractivity contribution in [1.29, 1.82) is 0 Å². The molecule has 0 fully saturated rings. The molecule has 0 atom stereocenters. The van der Waals surface area contributed by atoms with E-state index in [1.807, 2.05) is 32.0 Å². The summed E-state index contributed by atoms with van der Waals surface area (Å²) in [5, 5.41) is 12.2. The Morgan fingerprint density at radius 2 is 2.04 bits per heavy atom. The molecule has 5 nitrogen and oxygen atoms in total. The maximum absolute atomic E-state index is 12.2. The summed E-state index contributed by atoms with van der Waals surface area (Å²) in [5.74, 6) is 1.25. The number of carbonyl (C=O) groups excluding carboxylic acids is 1. The lowest BCUT2D eigenvalue weighted by molar-refractivity contribution is -0.113. The van der Waals surface area contributed by atoms with Crippen LogP contribution in [0.3, 0.4) is 0 Å². The maximum Gasteiger partial charge on any atom is 0.234 e. The fraction of sp³-hybridized carbons (Fsp3) is 0.471. The standard InChI is InChI=1S/C17H24N4OS/c1-6-15-19-20-17(21(15)11(2)3)23-10-16(22)18-14-9-12(4)7-8-13(14)5/h7-9,11H,6,10H2,1-5H3,(H,18,22). The highest BCUT2D eigenvalue weighted by Crippen LogP contribution is 2.22. The number of aromatic nitrogens is 3. The van der Waals surface area contributed by atoms with Gasteiger partial charge in [-0.15, -0.1) is 10.2 Å². The van der Waals surface area contributed by atoms with Crippen LogP contribution in [0, 0.1) is 13.8 Å². The van der Waals surface area contributed by atoms with Crippen LogP contribution in [-0.2, 0) is 11.2 Å². The number of amides is 1. The number of carbonyl (C=O) groups is 1. The van der Waals surface area contributed by atoms with Crippen molar-refractivity contribution in [3.8, 4) is 0 Å². The van der Waals surface area contributed by atoms with Gasteiger partial charge in [0.15, 0.2) is 5.16 Å². The molecule has 1 heterocycles. The lowest BCUT2D eigenvalue weighted by Crippen LogP contribution is -2.16. The molecule has 0 radical (unpaired) electrons. The second kappa shape index (κ2) is 7.64. The molecule has 0 aliphatic rings. The molecule has 0 aliphatic carbocycles. The molecule has 124 valence electrons. The number of nitrogens with one attached hydrogen (secondary N) is 1. The SMILES string of the molecule is CCc1nnc(SCC(=O)Nc2cc(C)ccc2C)n1C(C)C. The van der Waals surface area contributed by atoms with E-state index < -0.39 is 0 Å². The van der Waals surface area contributed by atoms with Crippen molar-refractivity contribution < 1.29 is 4.79 Å². The van der Waals surface area contributed by atoms with E-state index in [2.05, 4.69) is 40.9 Å². The van der Waals surface area contributed by atoms with E-state index in [0.29, 0.717) is 5.75 Å². The minimum absolute atomic E-state index is 0.0277. The number of hydrogen-bond acceptors (Lipinski definition) is 4. The number of nitrogens with zero attached hydrogens (tertiary/aromatic N) is 3. The fourth-order valence-electron chi connectivity index (χ4n) is 2.35. The minimum atomic E-state index is -0.0277. The predicted octanol–water partition coefficient (Wildman–Crippen LogP) is 3.77. The predicted molar refractivity (Wildman–Crippen MR) is 95.1 cm³/mol. The third-order valence-corrected chi connectivity index (χ3v) is 4.51. The summed E-state index contributed by atoms with van der Waals surface area (Å²) in [6, 6.07) is 6.33. The molecule has 0 saturated carbocycles. The second-order valence-electron chi connectivity index (χ2n) is 5.87. The van der Waals surface area contributed by atoms with Crippen molar-refractivity contribution in [1.82, 2.24) is 14.8 Å². The average Bonchev–Trinajstić information content (AvgIpc) is 2.92. The molecule has 23 heavy (non-hydrogen) atoms. The molecule has 2 aromatic rings. The maximum atomic E-state index is 12.2. The molecule has 1 amide bonds. The zero-order valence-electron chi connectivity index (χ0n) is 14.4. The Labute approximate surface area is 141 Å². The van der Waals surface area contributed by atoms with Gasteiger partial charge in [-0.2, -0.15) is 0 Å². The van der Waals surface area contributed by atoms with Crippen molar-refractivity contribution in [3.05, 3.63) is 35.2 Å². The van der Waals surface area contributed by atoms with E-state index in [9.17, 15) is 4.79 Å². The average molecular weight is 332 g/mol. The molecule has 6 heteroatoms. The van der Waals surface area contributed by atoms with Crippen LogP contribution in [0.15, 0.2) is 23.4 Å². The molecule has 0 saturated heterocycles. The molecule has 2 rings (SSSR count). The van der Waals surface area contributed by atoms with Gasteiger partial charge in [-0.3, -0.25) is 4.79 Å². The lowest BCUT2D eigenvalue weighted by atomic mass is 10.1. The summed E-state index contributed by atoms with van der Waals surface area (Å²) < 4.78 is 2.09. The van der Waals surface area contributed by atoms with Gasteiger partial charge in [-0.05, 0) is 44.9 Å². The van der Waals surface area contributed by atoms with Gasteiger partial charge in [-0.1, -0.05) is 30.8 Å². The van der Waals surface area contributed by atoms with Crippen molar-refractivity contribution in [2.45, 2.75) is 52.2 Å². The molecule has 0 aliphatic heterocycles. The van der Waals surface area contributed by atoms with Gasteiger partial charge in [0.25, 0.3) is 0 Å². The Balaban J connectivity index is 2.02. The Bertz CT molecular complexity index is 694. The van der Waals surface area contributed by atoms with Crippen molar-refractivity contribution in [2.24, 2.45) is 0 Å². The fourth-order valence-corrected chi connectivity index (χ4v) is 3.24. The van der Waals surface area contributed by atoms with Gasteiger partial charge in [0, 0.05) is 18.2 Å². The quantitative estimate of drug-likeness (QED) is 0.818. The summed E-state index contributed by atoms with van der Waals surface area (Å²) in [6.45, 7) is 10.3. The molecule has 0 unspecified atom stereocenters. The summed E-state index contributed by atoms with van der Waals surface area (Å²) in [4.78, 5) is 12.2. The molecule has 1 N–H and O–H groups in total. The topological polar surface area (TPSA) is 59.8 Å². The minimum Gasteiger partial charge on any atom is -0.325 e. The Hall–Kier alpha value is -1.82. The number of benzene rings is 1. The van der Waals surface area contributed by atoms with Crippen LogP contribution >= 0.6 is 11.8 Å². The first-order valence-electron chi connectivity index (χ1n) is 7.86. The highest BCUT2D eigenvalue weighted by Gasteiger charge is 2.15. The molecule has 0 spiro atoms. The highest BCUT2D eigenvalue weighted by atomic mass is 32.2. The number of thioether (sulfide) groups is 1. The summed E-state index contributed by atoms with van der Waals surface area (Å²) in [5.41, 5.74) is 3.06. The van der Waals surface area contributed by atoms with Gasteiger partial charge in [0.05, 0.1) is 5.75 Å². The second-order valence-corrected chi connectivity index (χ2v) is 6.81. The number of rotatable bonds is 6. The Morgan fingerprint density at radius 1 is 1.30 bits per heavy atom. The van der Waals surface area contributed by atoms with E-state index in [4.69, 9.17) is 0 Å². The van der Waals surface area contributed by atoms with E-state index in [0.717, 1.165) is 34.2 Å². The normalized spacial score (nSPS) is 11.0. The monoisotopic (exact) mass is 332 g/mol. The first-order chi connectivity index (χ1) is 10.9. The van der Waals surface area contributed by atoms with Crippen molar-refractivity contribution in [2.75, 3.05) is 11.1 Å². The van der Waals surface area contributed by atoms with E-state index in [1.54, 1.807) is 0 Å². The van der Waals surface area contributed by atoms with Crippen LogP contribution in [0.4, 0.5) is 5.69 Å². The number of anilines is 1. The van der Waals surface area contributed by atoms with Crippen LogP contribution in [0.5, 0.6) is 0 Å². The van der Waals surface area contributed by atoms with Gasteiger partial charge < -0.3 is 9.88 Å². The van der Waals surface area contributed by atoms with Gasteiger partial charge in [0.2, 0.25) is 5.91 Å². The molecule has 0 bridgehead atoms. The first-order valence-corrected chi connectivity index (χ1v) is 8.84. The first kappa shape index (κ1) is 17.5. The smallest absolute Gasteiger partial charge is 0.234 e. The molecule has 1 aromatic heterocycles. The summed E-state index contributed by atoms with van der Waals surface area (Å²) in [6.07, 6.45) is 0.834. The van der Waals surface area contributed by atoms with Crippen molar-refractivity contribution in [3.63, 3.8) is 0 Å². The highest BCUT2D eigenvalue weighted by molar-refractivity contribution is 7.99. The molecular formula is C17H24N4OS. The van der Waals surface area contributed by atoms with E-state index in [-0.39, 0.29) is 11.9 Å². The van der Waals surface area contributed by atoms with E-state index >= 15 is 0 Å². The number of hydrogen-bond donors (Lipinski definition) is 1. The Morgan fingerprint density at radius 3 is 2.70 bits per heavy atom. The zero-order chi connectivity index (χ0) is 17.0. The van der Waals surface area contributed by atoms with Crippen LogP contribution in [0.25, 0.3) is 0 Å². The summed E-state index contributed by atoms with van der Waals surface area (Å²) >= 11 is 1.43.